The van der Waals surface area contributed by atoms with Gasteiger partial charge in [0.25, 0.3) is 0 Å². The van der Waals surface area contributed by atoms with E-state index in [-0.39, 0.29) is 12.1 Å². The van der Waals surface area contributed by atoms with E-state index in [1.54, 1.807) is 0 Å². The van der Waals surface area contributed by atoms with Gasteiger partial charge in [0.1, 0.15) is 6.10 Å². The van der Waals surface area contributed by atoms with Crippen LogP contribution in [0.3, 0.4) is 0 Å². The zero-order valence-corrected chi connectivity index (χ0v) is 10.5. The van der Waals surface area contributed by atoms with E-state index < -0.39 is 0 Å². The highest BCUT2D eigenvalue weighted by Crippen LogP contribution is 2.21. The normalized spacial score (nSPS) is 18.1. The van der Waals surface area contributed by atoms with Crippen molar-refractivity contribution in [3.63, 3.8) is 0 Å². The standard InChI is InChI=1S/C17H14O2/c18-17-16-9-5-4-8-14(16)12-15(19-17)11-10-13-6-2-1-3-7-13/h1-11,15H,12H2. The summed E-state index contributed by atoms with van der Waals surface area (Å²) in [4.78, 5) is 11.9. The van der Waals surface area contributed by atoms with E-state index in [2.05, 4.69) is 0 Å². The number of fused-ring (bicyclic) bond motifs is 1. The van der Waals surface area contributed by atoms with Crippen molar-refractivity contribution in [2.75, 3.05) is 0 Å². The third kappa shape index (κ3) is 2.58. The molecule has 0 saturated carbocycles. The first-order valence-corrected chi connectivity index (χ1v) is 6.35. The summed E-state index contributed by atoms with van der Waals surface area (Å²) >= 11 is 0. The molecule has 2 heteroatoms. The molecule has 0 bridgehead atoms. The van der Waals surface area contributed by atoms with Crippen LogP contribution in [0.1, 0.15) is 21.5 Å². The van der Waals surface area contributed by atoms with Gasteiger partial charge >= 0.3 is 5.97 Å². The average molecular weight is 250 g/mol. The monoisotopic (exact) mass is 250 g/mol. The molecule has 94 valence electrons. The van der Waals surface area contributed by atoms with Gasteiger partial charge in [-0.15, -0.1) is 0 Å². The summed E-state index contributed by atoms with van der Waals surface area (Å²) in [6.07, 6.45) is 4.50. The maximum atomic E-state index is 11.9. The summed E-state index contributed by atoms with van der Waals surface area (Å²) in [7, 11) is 0. The van der Waals surface area contributed by atoms with Crippen molar-refractivity contribution in [1.29, 1.82) is 0 Å². The smallest absolute Gasteiger partial charge is 0.339 e. The molecule has 0 spiro atoms. The second-order valence-electron chi connectivity index (χ2n) is 4.57. The largest absolute Gasteiger partial charge is 0.454 e. The van der Waals surface area contributed by atoms with Crippen molar-refractivity contribution in [3.05, 3.63) is 77.4 Å². The topological polar surface area (TPSA) is 26.3 Å². The fraction of sp³-hybridized carbons (Fsp3) is 0.118. The third-order valence-electron chi connectivity index (χ3n) is 3.22. The molecule has 2 aromatic rings. The zero-order valence-electron chi connectivity index (χ0n) is 10.5. The molecule has 1 aliphatic rings. The van der Waals surface area contributed by atoms with Crippen LogP contribution in [0.4, 0.5) is 0 Å². The number of rotatable bonds is 2. The maximum Gasteiger partial charge on any atom is 0.339 e. The lowest BCUT2D eigenvalue weighted by Gasteiger charge is -2.22. The summed E-state index contributed by atoms with van der Waals surface area (Å²) in [5.74, 6) is -0.232. The first-order chi connectivity index (χ1) is 9.33. The summed E-state index contributed by atoms with van der Waals surface area (Å²) in [5.41, 5.74) is 2.85. The molecule has 0 fully saturated rings. The Kier molecular flexibility index (Phi) is 3.15. The minimum absolute atomic E-state index is 0.178. The number of benzene rings is 2. The number of carbonyl (C=O) groups is 1. The predicted octanol–water partition coefficient (Wildman–Crippen LogP) is 3.48. The van der Waals surface area contributed by atoms with Crippen LogP contribution in [-0.4, -0.2) is 12.1 Å². The Bertz CT molecular complexity index is 614. The van der Waals surface area contributed by atoms with E-state index in [9.17, 15) is 4.79 Å². The molecule has 1 unspecified atom stereocenters. The molecular weight excluding hydrogens is 236 g/mol. The average Bonchev–Trinajstić information content (AvgIpc) is 2.46. The van der Waals surface area contributed by atoms with Crippen LogP contribution in [-0.2, 0) is 11.2 Å². The highest BCUT2D eigenvalue weighted by atomic mass is 16.5. The molecule has 0 aliphatic carbocycles. The molecule has 1 atom stereocenters. The van der Waals surface area contributed by atoms with E-state index in [0.29, 0.717) is 5.56 Å². The first-order valence-electron chi connectivity index (χ1n) is 6.35. The molecule has 0 aromatic heterocycles. The van der Waals surface area contributed by atoms with Gasteiger partial charge in [-0.2, -0.15) is 0 Å². The highest BCUT2D eigenvalue weighted by molar-refractivity contribution is 5.92. The summed E-state index contributed by atoms with van der Waals surface area (Å²) in [5, 5.41) is 0. The van der Waals surface area contributed by atoms with Crippen molar-refractivity contribution >= 4 is 12.0 Å². The van der Waals surface area contributed by atoms with E-state index >= 15 is 0 Å². The summed E-state index contributed by atoms with van der Waals surface area (Å²) in [6, 6.07) is 17.6. The Hall–Kier alpha value is -2.35. The van der Waals surface area contributed by atoms with Gasteiger partial charge in [-0.25, -0.2) is 4.79 Å². The van der Waals surface area contributed by atoms with Crippen LogP contribution in [0, 0.1) is 0 Å². The quantitative estimate of drug-likeness (QED) is 0.763. The van der Waals surface area contributed by atoms with Crippen molar-refractivity contribution in [2.24, 2.45) is 0 Å². The first kappa shape index (κ1) is 11.7. The molecule has 3 rings (SSSR count). The Labute approximate surface area is 112 Å². The Morgan fingerprint density at radius 1 is 1.00 bits per heavy atom. The second-order valence-corrected chi connectivity index (χ2v) is 4.57. The van der Waals surface area contributed by atoms with E-state index in [1.807, 2.05) is 66.7 Å². The molecule has 19 heavy (non-hydrogen) atoms. The fourth-order valence-corrected chi connectivity index (χ4v) is 2.25. The van der Waals surface area contributed by atoms with E-state index in [4.69, 9.17) is 4.74 Å². The van der Waals surface area contributed by atoms with Crippen LogP contribution in [0.25, 0.3) is 6.08 Å². The number of ether oxygens (including phenoxy) is 1. The van der Waals surface area contributed by atoms with Crippen LogP contribution < -0.4 is 0 Å². The summed E-state index contributed by atoms with van der Waals surface area (Å²) < 4.78 is 5.41. The lowest BCUT2D eigenvalue weighted by molar-refractivity contribution is 0.0359. The van der Waals surface area contributed by atoms with Crippen molar-refractivity contribution in [3.8, 4) is 0 Å². The zero-order chi connectivity index (χ0) is 13.1. The van der Waals surface area contributed by atoms with Crippen LogP contribution in [0.5, 0.6) is 0 Å². The minimum atomic E-state index is -0.232. The minimum Gasteiger partial charge on any atom is -0.454 e. The molecule has 1 aliphatic heterocycles. The van der Waals surface area contributed by atoms with E-state index in [1.165, 1.54) is 0 Å². The lowest BCUT2D eigenvalue weighted by atomic mass is 9.98. The fourth-order valence-electron chi connectivity index (χ4n) is 2.25. The van der Waals surface area contributed by atoms with Crippen molar-refractivity contribution in [2.45, 2.75) is 12.5 Å². The lowest BCUT2D eigenvalue weighted by Crippen LogP contribution is -2.25. The molecule has 2 nitrogen and oxygen atoms in total. The van der Waals surface area contributed by atoms with Gasteiger partial charge in [-0.05, 0) is 23.3 Å². The molecule has 0 amide bonds. The van der Waals surface area contributed by atoms with Gasteiger partial charge < -0.3 is 4.74 Å². The van der Waals surface area contributed by atoms with Crippen molar-refractivity contribution in [1.82, 2.24) is 0 Å². The summed E-state index contributed by atoms with van der Waals surface area (Å²) in [6.45, 7) is 0. The maximum absolute atomic E-state index is 11.9. The number of cyclic esters (lactones) is 1. The van der Waals surface area contributed by atoms with Crippen LogP contribution in [0.2, 0.25) is 0 Å². The van der Waals surface area contributed by atoms with Gasteiger partial charge in [-0.1, -0.05) is 54.6 Å². The third-order valence-corrected chi connectivity index (χ3v) is 3.22. The molecule has 0 radical (unpaired) electrons. The number of hydrogen-bond acceptors (Lipinski definition) is 2. The molecule has 1 heterocycles. The number of hydrogen-bond donors (Lipinski definition) is 0. The Balaban J connectivity index is 1.79. The SMILES string of the molecule is O=C1OC(C=Cc2ccccc2)Cc2ccccc21. The van der Waals surface area contributed by atoms with Crippen LogP contribution >= 0.6 is 0 Å². The molecule has 0 N–H and O–H groups in total. The van der Waals surface area contributed by atoms with Gasteiger partial charge in [0.15, 0.2) is 0 Å². The Morgan fingerprint density at radius 2 is 1.74 bits per heavy atom. The predicted molar refractivity (Wildman–Crippen MR) is 74.8 cm³/mol. The highest BCUT2D eigenvalue weighted by Gasteiger charge is 2.23. The number of esters is 1. The van der Waals surface area contributed by atoms with E-state index in [0.717, 1.165) is 17.5 Å². The van der Waals surface area contributed by atoms with Crippen LogP contribution in [0.15, 0.2) is 60.7 Å². The molecule has 2 aromatic carbocycles. The second kappa shape index (κ2) is 5.11. The van der Waals surface area contributed by atoms with Gasteiger partial charge in [0, 0.05) is 6.42 Å². The number of carbonyl (C=O) groups excluding carboxylic acids is 1. The van der Waals surface area contributed by atoms with Gasteiger partial charge in [-0.3, -0.25) is 0 Å². The Morgan fingerprint density at radius 3 is 2.58 bits per heavy atom. The van der Waals surface area contributed by atoms with Crippen molar-refractivity contribution < 1.29 is 9.53 Å². The van der Waals surface area contributed by atoms with Gasteiger partial charge in [0.2, 0.25) is 0 Å². The molecule has 0 saturated heterocycles. The molecular formula is C17H14O2. The van der Waals surface area contributed by atoms with Gasteiger partial charge in [0.05, 0.1) is 5.56 Å².